The van der Waals surface area contributed by atoms with Gasteiger partial charge in [-0.25, -0.2) is 0 Å². The van der Waals surface area contributed by atoms with E-state index in [0.29, 0.717) is 6.04 Å². The number of fused-ring (bicyclic) bond motifs is 1. The van der Waals surface area contributed by atoms with Gasteiger partial charge < -0.3 is 10.1 Å². The van der Waals surface area contributed by atoms with Crippen LogP contribution in [0.1, 0.15) is 24.9 Å². The van der Waals surface area contributed by atoms with E-state index >= 15 is 0 Å². The summed E-state index contributed by atoms with van der Waals surface area (Å²) in [5.74, 6) is 1.02. The highest BCUT2D eigenvalue weighted by Crippen LogP contribution is 2.31. The maximum atomic E-state index is 8.74. The van der Waals surface area contributed by atoms with Crippen molar-refractivity contribution in [3.63, 3.8) is 0 Å². The van der Waals surface area contributed by atoms with Crippen molar-refractivity contribution in [1.29, 1.82) is 5.26 Å². The molecule has 2 rings (SSSR count). The SMILES string of the molecule is CC(C#N)CNC1CCOc2ccccc21. The third kappa shape index (κ3) is 2.34. The molecule has 0 amide bonds. The van der Waals surface area contributed by atoms with Crippen molar-refractivity contribution in [2.45, 2.75) is 19.4 Å². The van der Waals surface area contributed by atoms with Gasteiger partial charge in [-0.1, -0.05) is 18.2 Å². The number of para-hydroxylation sites is 1. The lowest BCUT2D eigenvalue weighted by atomic mass is 10.00. The van der Waals surface area contributed by atoms with Crippen LogP contribution in [0, 0.1) is 17.2 Å². The third-order valence-electron chi connectivity index (χ3n) is 2.85. The van der Waals surface area contributed by atoms with E-state index in [2.05, 4.69) is 17.5 Å². The van der Waals surface area contributed by atoms with E-state index in [-0.39, 0.29) is 5.92 Å². The Morgan fingerprint density at radius 2 is 2.38 bits per heavy atom. The van der Waals surface area contributed by atoms with Crippen molar-refractivity contribution in [2.24, 2.45) is 5.92 Å². The molecule has 2 atom stereocenters. The number of hydrogen-bond acceptors (Lipinski definition) is 3. The molecule has 0 fully saturated rings. The molecule has 0 saturated carbocycles. The molecule has 2 unspecified atom stereocenters. The molecule has 1 aliphatic heterocycles. The van der Waals surface area contributed by atoms with Gasteiger partial charge >= 0.3 is 0 Å². The van der Waals surface area contributed by atoms with Gasteiger partial charge in [-0.05, 0) is 13.0 Å². The van der Waals surface area contributed by atoms with E-state index in [1.807, 2.05) is 25.1 Å². The molecule has 3 nitrogen and oxygen atoms in total. The minimum atomic E-state index is 0.0509. The average Bonchev–Trinajstić information content (AvgIpc) is 2.35. The van der Waals surface area contributed by atoms with Crippen LogP contribution in [0.3, 0.4) is 0 Å². The normalized spacial score (nSPS) is 20.4. The van der Waals surface area contributed by atoms with Crippen molar-refractivity contribution in [2.75, 3.05) is 13.2 Å². The Morgan fingerprint density at radius 3 is 3.19 bits per heavy atom. The summed E-state index contributed by atoms with van der Waals surface area (Å²) in [7, 11) is 0. The van der Waals surface area contributed by atoms with E-state index < -0.39 is 0 Å². The fourth-order valence-corrected chi connectivity index (χ4v) is 1.92. The van der Waals surface area contributed by atoms with Gasteiger partial charge in [-0.2, -0.15) is 5.26 Å². The summed E-state index contributed by atoms with van der Waals surface area (Å²) in [5.41, 5.74) is 1.21. The lowest BCUT2D eigenvalue weighted by Gasteiger charge is -2.27. The highest BCUT2D eigenvalue weighted by Gasteiger charge is 2.20. The van der Waals surface area contributed by atoms with Gasteiger partial charge in [0, 0.05) is 24.6 Å². The van der Waals surface area contributed by atoms with Crippen molar-refractivity contribution in [3.8, 4) is 11.8 Å². The van der Waals surface area contributed by atoms with Crippen molar-refractivity contribution >= 4 is 0 Å². The third-order valence-corrected chi connectivity index (χ3v) is 2.85. The largest absolute Gasteiger partial charge is 0.493 e. The number of rotatable bonds is 3. The summed E-state index contributed by atoms with van der Waals surface area (Å²) in [5, 5.41) is 12.2. The zero-order valence-electron chi connectivity index (χ0n) is 9.44. The summed E-state index contributed by atoms with van der Waals surface area (Å²) in [6.45, 7) is 3.41. The summed E-state index contributed by atoms with van der Waals surface area (Å²) in [4.78, 5) is 0. The van der Waals surface area contributed by atoms with E-state index in [9.17, 15) is 0 Å². The van der Waals surface area contributed by atoms with Crippen molar-refractivity contribution < 1.29 is 4.74 Å². The zero-order valence-corrected chi connectivity index (χ0v) is 9.44. The molecule has 0 spiro atoms. The highest BCUT2D eigenvalue weighted by atomic mass is 16.5. The van der Waals surface area contributed by atoms with E-state index in [4.69, 9.17) is 10.00 Å². The van der Waals surface area contributed by atoms with Gasteiger partial charge in [0.25, 0.3) is 0 Å². The van der Waals surface area contributed by atoms with Crippen LogP contribution in [0.5, 0.6) is 5.75 Å². The standard InChI is InChI=1S/C13H16N2O/c1-10(8-14)9-15-12-6-7-16-13-5-3-2-4-11(12)13/h2-5,10,12,15H,6-7,9H2,1H3. The van der Waals surface area contributed by atoms with Crippen LogP contribution in [0.15, 0.2) is 24.3 Å². The fourth-order valence-electron chi connectivity index (χ4n) is 1.92. The van der Waals surface area contributed by atoms with Gasteiger partial charge in [-0.3, -0.25) is 0 Å². The second kappa shape index (κ2) is 5.00. The van der Waals surface area contributed by atoms with Gasteiger partial charge in [0.15, 0.2) is 0 Å². The second-order valence-corrected chi connectivity index (χ2v) is 4.17. The first-order valence-electron chi connectivity index (χ1n) is 5.66. The Balaban J connectivity index is 2.05. The molecule has 0 aromatic heterocycles. The lowest BCUT2D eigenvalue weighted by molar-refractivity contribution is 0.251. The number of hydrogen-bond donors (Lipinski definition) is 1. The monoisotopic (exact) mass is 216 g/mol. The summed E-state index contributed by atoms with van der Waals surface area (Å²) < 4.78 is 5.58. The quantitative estimate of drug-likeness (QED) is 0.843. The molecular weight excluding hydrogens is 200 g/mol. The Bertz CT molecular complexity index is 397. The van der Waals surface area contributed by atoms with Crippen LogP contribution >= 0.6 is 0 Å². The lowest BCUT2D eigenvalue weighted by Crippen LogP contribution is -2.30. The van der Waals surface area contributed by atoms with Crippen molar-refractivity contribution in [1.82, 2.24) is 5.32 Å². The second-order valence-electron chi connectivity index (χ2n) is 4.17. The highest BCUT2D eigenvalue weighted by molar-refractivity contribution is 5.37. The zero-order chi connectivity index (χ0) is 11.4. The van der Waals surface area contributed by atoms with Gasteiger partial charge in [0.1, 0.15) is 5.75 Å². The Kier molecular flexibility index (Phi) is 3.43. The minimum absolute atomic E-state index is 0.0509. The smallest absolute Gasteiger partial charge is 0.124 e. The Labute approximate surface area is 96.0 Å². The fraction of sp³-hybridized carbons (Fsp3) is 0.462. The average molecular weight is 216 g/mol. The molecule has 0 radical (unpaired) electrons. The van der Waals surface area contributed by atoms with E-state index in [1.54, 1.807) is 0 Å². The van der Waals surface area contributed by atoms with Crippen LogP contribution in [0.2, 0.25) is 0 Å². The number of nitrogens with one attached hydrogen (secondary N) is 1. The first-order chi connectivity index (χ1) is 7.81. The number of ether oxygens (including phenoxy) is 1. The summed E-state index contributed by atoms with van der Waals surface area (Å²) >= 11 is 0. The van der Waals surface area contributed by atoms with Crippen molar-refractivity contribution in [3.05, 3.63) is 29.8 Å². The van der Waals surface area contributed by atoms with Crippen LogP contribution in [-0.2, 0) is 0 Å². The molecule has 1 heterocycles. The van der Waals surface area contributed by atoms with Gasteiger partial charge in [0.05, 0.1) is 18.6 Å². The molecular formula is C13H16N2O. The number of nitriles is 1. The Morgan fingerprint density at radius 1 is 1.56 bits per heavy atom. The molecule has 84 valence electrons. The Hall–Kier alpha value is -1.53. The predicted molar refractivity (Wildman–Crippen MR) is 62.1 cm³/mol. The van der Waals surface area contributed by atoms with Crippen LogP contribution < -0.4 is 10.1 Å². The molecule has 1 N–H and O–H groups in total. The predicted octanol–water partition coefficient (Wildman–Crippen LogP) is 2.26. The minimum Gasteiger partial charge on any atom is -0.493 e. The van der Waals surface area contributed by atoms with Crippen LogP contribution in [0.4, 0.5) is 0 Å². The first kappa shape index (κ1) is 11.0. The maximum absolute atomic E-state index is 8.74. The maximum Gasteiger partial charge on any atom is 0.124 e. The van der Waals surface area contributed by atoms with E-state index in [1.165, 1.54) is 5.56 Å². The molecule has 1 aromatic rings. The molecule has 0 saturated heterocycles. The molecule has 1 aliphatic rings. The molecule has 0 bridgehead atoms. The number of benzene rings is 1. The first-order valence-corrected chi connectivity index (χ1v) is 5.66. The van der Waals surface area contributed by atoms with Gasteiger partial charge in [-0.15, -0.1) is 0 Å². The number of nitrogens with zero attached hydrogens (tertiary/aromatic N) is 1. The van der Waals surface area contributed by atoms with Crippen LogP contribution in [-0.4, -0.2) is 13.2 Å². The molecule has 1 aromatic carbocycles. The molecule has 3 heteroatoms. The topological polar surface area (TPSA) is 45.0 Å². The van der Waals surface area contributed by atoms with Crippen LogP contribution in [0.25, 0.3) is 0 Å². The summed E-state index contributed by atoms with van der Waals surface area (Å²) in [6, 6.07) is 10.6. The van der Waals surface area contributed by atoms with Gasteiger partial charge in [0.2, 0.25) is 0 Å². The molecule has 0 aliphatic carbocycles. The summed E-state index contributed by atoms with van der Waals surface area (Å²) in [6.07, 6.45) is 0.967. The van der Waals surface area contributed by atoms with E-state index in [0.717, 1.165) is 25.3 Å². The molecule has 16 heavy (non-hydrogen) atoms.